The van der Waals surface area contributed by atoms with Crippen LogP contribution in [-0.2, 0) is 19.1 Å². The average Bonchev–Trinajstić information content (AvgIpc) is 0.832. The number of carboxylic acids is 1. The summed E-state index contributed by atoms with van der Waals surface area (Å²) in [5.74, 6) is -2.80. The summed E-state index contributed by atoms with van der Waals surface area (Å²) in [6, 6.07) is 42.5. The summed E-state index contributed by atoms with van der Waals surface area (Å²) in [6.45, 7) is 12.5. The van der Waals surface area contributed by atoms with Crippen molar-refractivity contribution in [3.8, 4) is 30.3 Å². The van der Waals surface area contributed by atoms with Gasteiger partial charge in [-0.15, -0.1) is 0 Å². The summed E-state index contributed by atoms with van der Waals surface area (Å²) in [6.07, 6.45) is -2.69. The molecule has 0 amide bonds. The second-order valence-corrected chi connectivity index (χ2v) is 24.5. The molecule has 9 atom stereocenters. The SMILES string of the molecule is C.COC(=O)[C@@H](C)N.C[C@@H](N)C(=O)O.C[C@@H](N)CO.C[C@@H](Nc1ccc2c(C#N)nccc2c1)[C@H](O)C(F)(F)F.C[C@H](C=O)Nc1ccc2c(C#N)nccc2c1.C[C@H](CO)Nc1ccc2c(C#N)nccc2c1.C[C@H]([C@@H](C)Nc1ccc2c(C#N)nccc2c1)C(F)(F)F.N#Cc1nccc2cc(Br)ccc12. The number of rotatable bonds is 15. The number of alkyl halides is 6. The van der Waals surface area contributed by atoms with Gasteiger partial charge in [0.25, 0.3) is 0 Å². The first-order valence-electron chi connectivity index (χ1n) is 32.3. The first kappa shape index (κ1) is 92.3. The molecule has 0 aliphatic heterocycles. The van der Waals surface area contributed by atoms with E-state index in [4.69, 9.17) is 58.8 Å². The maximum atomic E-state index is 12.7. The summed E-state index contributed by atoms with van der Waals surface area (Å²) in [4.78, 5) is 50.1. The highest BCUT2D eigenvalue weighted by Crippen LogP contribution is 2.32. The fraction of sp³-hybridized carbons (Fsp3) is 0.303. The van der Waals surface area contributed by atoms with Crippen LogP contribution in [0.25, 0.3) is 53.9 Å². The molecule has 0 aliphatic rings. The van der Waals surface area contributed by atoms with E-state index >= 15 is 0 Å². The van der Waals surface area contributed by atoms with Crippen LogP contribution in [0.4, 0.5) is 49.1 Å². The number of esters is 1. The van der Waals surface area contributed by atoms with Crippen molar-refractivity contribution in [3.63, 3.8) is 0 Å². The molecule has 32 heteroatoms. The Kier molecular flexibility index (Phi) is 38.9. The molecule has 5 aromatic heterocycles. The number of carbonyl (C=O) groups is 3. The van der Waals surface area contributed by atoms with Crippen LogP contribution >= 0.6 is 15.9 Å². The van der Waals surface area contributed by atoms with Crippen molar-refractivity contribution in [2.75, 3.05) is 41.6 Å². The lowest BCUT2D eigenvalue weighted by molar-refractivity contribution is -0.206. The van der Waals surface area contributed by atoms with Crippen molar-refractivity contribution in [2.45, 2.75) is 124 Å². The number of pyridine rings is 5. The average molecular weight is 1560 g/mol. The number of fused-ring (bicyclic) bond motifs is 5. The molecule has 0 radical (unpaired) electrons. The zero-order valence-corrected chi connectivity index (χ0v) is 61.0. The van der Waals surface area contributed by atoms with Gasteiger partial charge in [0, 0.05) is 103 Å². The predicted molar refractivity (Wildman–Crippen MR) is 407 cm³/mol. The number of aliphatic carboxylic acids is 1. The van der Waals surface area contributed by atoms with Gasteiger partial charge in [0.05, 0.1) is 38.3 Å². The maximum Gasteiger partial charge on any atom is 0.416 e. The monoisotopic (exact) mass is 1560 g/mol. The first-order valence-corrected chi connectivity index (χ1v) is 33.1. The summed E-state index contributed by atoms with van der Waals surface area (Å²) in [5.41, 5.74) is 19.6. The Labute approximate surface area is 628 Å². The third kappa shape index (κ3) is 30.0. The number of halogens is 7. The minimum absolute atomic E-state index is 0. The Morgan fingerprint density at radius 3 is 1.05 bits per heavy atom. The highest BCUT2D eigenvalue weighted by Gasteiger charge is 2.42. The van der Waals surface area contributed by atoms with Gasteiger partial charge >= 0.3 is 24.3 Å². The highest BCUT2D eigenvalue weighted by molar-refractivity contribution is 9.10. The Morgan fingerprint density at radius 2 is 0.796 bits per heavy atom. The Bertz CT molecular complexity index is 4690. The minimum atomic E-state index is -4.68. The van der Waals surface area contributed by atoms with Crippen molar-refractivity contribution in [1.82, 2.24) is 24.9 Å². The number of hydrogen-bond acceptors (Lipinski definition) is 24. The van der Waals surface area contributed by atoms with Gasteiger partial charge in [-0.2, -0.15) is 52.7 Å². The van der Waals surface area contributed by atoms with E-state index in [1.54, 1.807) is 87.9 Å². The number of carbonyl (C=O) groups excluding carboxylic acids is 2. The number of aliphatic hydroxyl groups excluding tert-OH is 3. The zero-order chi connectivity index (χ0) is 80.3. The standard InChI is InChI=1S/C15H14F3N3.C14H12F3N3O.C13H13N3O.C13H11N3O.C10H5BrN2.C4H9NO2.C3H7NO2.C3H9NO.CH4/c1-9(15(16,17)18)10(2)21-12-3-4-13-11(7-12)5-6-20-14(13)8-19;1-8(13(21)14(15,16)17)20-10-2-3-11-9(6-10)4-5-19-12(11)7-18;2*1-9(8-17)16-11-2-3-12-10(6-11)4-5-15-13(12)7-14;11-8-1-2-9-7(5-8)3-4-13-10(9)6-12;1-3(5)4(6)7-2;1-2(4)3(5)6;1-3(4)2-5;/h3-7,9-10,21H,1-2H3;2-6,8,13,20-21H,1H3;2-6,9,16-17H,8H2,1H3;2-6,8-9,16H,1H3;1-5H;3H,5H2,1-2H3;2H,4H2,1H3,(H,5,6);3,5H,2,4H2,1H3;1H4/t9-,10-;8-,13+;2*9-;;3-;2-;3-;/m1111.111./s1. The molecular formula is C76H84BrF6N17O8. The summed E-state index contributed by atoms with van der Waals surface area (Å²) in [5, 5.41) is 98.4. The largest absolute Gasteiger partial charge is 0.480 e. The summed E-state index contributed by atoms with van der Waals surface area (Å²) >= 11 is 3.38. The smallest absolute Gasteiger partial charge is 0.416 e. The van der Waals surface area contributed by atoms with Crippen LogP contribution < -0.4 is 38.5 Å². The van der Waals surface area contributed by atoms with E-state index < -0.39 is 54.5 Å². The molecule has 0 bridgehead atoms. The molecule has 0 aliphatic carbocycles. The molecule has 5 heterocycles. The number of benzene rings is 5. The molecule has 570 valence electrons. The fourth-order valence-corrected chi connectivity index (χ4v) is 9.15. The van der Waals surface area contributed by atoms with Crippen molar-refractivity contribution in [3.05, 3.63) is 185 Å². The minimum Gasteiger partial charge on any atom is -0.480 e. The summed E-state index contributed by atoms with van der Waals surface area (Å²) in [7, 11) is 1.31. The van der Waals surface area contributed by atoms with Gasteiger partial charge < -0.3 is 68.4 Å². The summed E-state index contributed by atoms with van der Waals surface area (Å²) < 4.78 is 80.5. The number of methoxy groups -OCH3 is 1. The molecular weight excluding hydrogens is 1470 g/mol. The number of nitrogens with two attached hydrogens (primary N) is 3. The second kappa shape index (κ2) is 45.6. The number of hydrogen-bond donors (Lipinski definition) is 11. The zero-order valence-electron chi connectivity index (χ0n) is 59.4. The van der Waals surface area contributed by atoms with Crippen molar-refractivity contribution in [1.29, 1.82) is 26.3 Å². The van der Waals surface area contributed by atoms with Crippen molar-refractivity contribution >= 4 is 111 Å². The van der Waals surface area contributed by atoms with Crippen LogP contribution in [0.3, 0.4) is 0 Å². The maximum absolute atomic E-state index is 12.7. The number of aldehydes is 1. The van der Waals surface area contributed by atoms with Crippen LogP contribution in [0.2, 0.25) is 0 Å². The number of nitrogens with one attached hydrogen (secondary N) is 4. The van der Waals surface area contributed by atoms with Gasteiger partial charge in [0.2, 0.25) is 0 Å². The molecule has 0 saturated heterocycles. The Morgan fingerprint density at radius 1 is 0.500 bits per heavy atom. The van der Waals surface area contributed by atoms with Gasteiger partial charge in [-0.1, -0.05) is 36.3 Å². The number of anilines is 4. The van der Waals surface area contributed by atoms with Gasteiger partial charge in [-0.25, -0.2) is 24.9 Å². The van der Waals surface area contributed by atoms with E-state index in [-0.39, 0.29) is 50.4 Å². The van der Waals surface area contributed by atoms with Gasteiger partial charge in [-0.05, 0) is 191 Å². The fourth-order valence-electron chi connectivity index (χ4n) is 8.77. The quantitative estimate of drug-likeness (QED) is 0.0258. The molecule has 0 fully saturated rings. The van der Waals surface area contributed by atoms with Gasteiger partial charge in [0.1, 0.15) is 77.2 Å². The van der Waals surface area contributed by atoms with E-state index in [2.05, 4.69) is 85.1 Å². The Hall–Kier alpha value is -11.8. The highest BCUT2D eigenvalue weighted by atomic mass is 79.9. The lowest BCUT2D eigenvalue weighted by atomic mass is 10.0. The normalized spacial score (nSPS) is 12.9. The van der Waals surface area contributed by atoms with E-state index in [0.29, 0.717) is 50.3 Å². The van der Waals surface area contributed by atoms with Gasteiger partial charge in [0.15, 0.2) is 6.10 Å². The third-order valence-corrected chi connectivity index (χ3v) is 15.2. The molecule has 10 rings (SSSR count). The molecule has 10 aromatic rings. The van der Waals surface area contributed by atoms with Crippen LogP contribution in [0.15, 0.2) is 157 Å². The predicted octanol–water partition coefficient (Wildman–Crippen LogP) is 12.7. The Balaban J connectivity index is 0.000000435. The lowest BCUT2D eigenvalue weighted by Gasteiger charge is -2.24. The van der Waals surface area contributed by atoms with Crippen LogP contribution in [0.5, 0.6) is 0 Å². The van der Waals surface area contributed by atoms with Crippen molar-refractivity contribution < 1.29 is 65.9 Å². The number of ether oxygens (including phenoxy) is 1. The number of nitrogens with zero attached hydrogens (tertiary/aromatic N) is 10. The lowest BCUT2D eigenvalue weighted by Crippen LogP contribution is -2.42. The number of aromatic nitrogens is 5. The van der Waals surface area contributed by atoms with Crippen LogP contribution in [0, 0.1) is 62.6 Å². The number of nitriles is 5. The molecule has 0 spiro atoms. The van der Waals surface area contributed by atoms with E-state index in [1.807, 2.05) is 91.9 Å². The molecule has 14 N–H and O–H groups in total. The van der Waals surface area contributed by atoms with Crippen LogP contribution in [0.1, 0.15) is 91.3 Å². The second-order valence-electron chi connectivity index (χ2n) is 23.5. The van der Waals surface area contributed by atoms with E-state index in [9.17, 15) is 45.8 Å². The van der Waals surface area contributed by atoms with E-state index in [1.165, 1.54) is 40.3 Å². The van der Waals surface area contributed by atoms with Gasteiger partial charge in [-0.3, -0.25) is 9.59 Å². The number of aliphatic hydroxyl groups is 3. The van der Waals surface area contributed by atoms with E-state index in [0.717, 1.165) is 66.8 Å². The molecule has 0 saturated carbocycles. The third-order valence-electron chi connectivity index (χ3n) is 14.7. The molecule has 0 unspecified atom stereocenters. The molecule has 25 nitrogen and oxygen atoms in total. The molecule has 108 heavy (non-hydrogen) atoms. The molecule has 5 aromatic carbocycles. The van der Waals surface area contributed by atoms with Crippen molar-refractivity contribution in [2.24, 2.45) is 23.1 Å². The first-order chi connectivity index (χ1) is 50.5. The topological polar surface area (TPSA) is 451 Å². The van der Waals surface area contributed by atoms with Crippen LogP contribution in [-0.4, -0.2) is 145 Å². The number of carboxylic acid groups (broad SMARTS) is 1.